The van der Waals surface area contributed by atoms with Gasteiger partial charge in [0.2, 0.25) is 0 Å². The number of fused-ring (bicyclic) bond motifs is 1. The Morgan fingerprint density at radius 1 is 0.529 bits per heavy atom. The SMILES string of the molecule is Oc1ccc([C@@H]2Oc3ccc(/C=C/c4cc(O)cc(O)c4)cc3C2c2cc(O)cc(O)c2)cc1. The summed E-state index contributed by atoms with van der Waals surface area (Å²) < 4.78 is 6.29. The van der Waals surface area contributed by atoms with Crippen molar-refractivity contribution >= 4 is 12.2 Å². The van der Waals surface area contributed by atoms with E-state index in [1.165, 1.54) is 12.1 Å². The third-order valence-electron chi connectivity index (χ3n) is 5.82. The quantitative estimate of drug-likeness (QED) is 0.255. The van der Waals surface area contributed by atoms with Crippen molar-refractivity contribution in [3.05, 3.63) is 107 Å². The summed E-state index contributed by atoms with van der Waals surface area (Å²) >= 11 is 0. The number of hydrogen-bond acceptors (Lipinski definition) is 6. The van der Waals surface area contributed by atoms with Gasteiger partial charge in [-0.25, -0.2) is 0 Å². The fourth-order valence-electron chi connectivity index (χ4n) is 4.37. The fourth-order valence-corrected chi connectivity index (χ4v) is 4.37. The minimum atomic E-state index is -0.431. The molecule has 6 nitrogen and oxygen atoms in total. The number of ether oxygens (including phenoxy) is 1. The van der Waals surface area contributed by atoms with Gasteiger partial charge in [0.15, 0.2) is 0 Å². The second kappa shape index (κ2) is 8.41. The fraction of sp³-hybridized carbons (Fsp3) is 0.0714. The van der Waals surface area contributed by atoms with Crippen LogP contribution in [-0.4, -0.2) is 25.5 Å². The van der Waals surface area contributed by atoms with Gasteiger partial charge in [-0.15, -0.1) is 0 Å². The van der Waals surface area contributed by atoms with Gasteiger partial charge in [-0.05, 0) is 70.8 Å². The van der Waals surface area contributed by atoms with Gasteiger partial charge in [-0.3, -0.25) is 0 Å². The number of hydrogen-bond donors (Lipinski definition) is 5. The normalized spacial score (nSPS) is 16.9. The Bertz CT molecular complexity index is 1350. The van der Waals surface area contributed by atoms with Crippen LogP contribution in [0.4, 0.5) is 0 Å². The first kappa shape index (κ1) is 21.3. The first-order valence-corrected chi connectivity index (χ1v) is 10.7. The molecule has 4 aromatic carbocycles. The van der Waals surface area contributed by atoms with Crippen LogP contribution in [0.25, 0.3) is 12.2 Å². The summed E-state index contributed by atoms with van der Waals surface area (Å²) in [5.41, 5.74) is 3.92. The molecule has 2 atom stereocenters. The van der Waals surface area contributed by atoms with Gasteiger partial charge in [0.25, 0.3) is 0 Å². The lowest BCUT2D eigenvalue weighted by Gasteiger charge is -2.20. The van der Waals surface area contributed by atoms with E-state index in [4.69, 9.17) is 4.74 Å². The molecule has 1 aliphatic rings. The average molecular weight is 454 g/mol. The van der Waals surface area contributed by atoms with Crippen LogP contribution in [0.5, 0.6) is 34.5 Å². The van der Waals surface area contributed by atoms with Crippen LogP contribution in [0.1, 0.15) is 39.8 Å². The Labute approximate surface area is 195 Å². The molecule has 4 aromatic rings. The maximum atomic E-state index is 10.1. The van der Waals surface area contributed by atoms with Gasteiger partial charge in [-0.1, -0.05) is 30.4 Å². The van der Waals surface area contributed by atoms with Crippen molar-refractivity contribution in [1.82, 2.24) is 0 Å². The summed E-state index contributed by atoms with van der Waals surface area (Å²) in [5.74, 6) is 0.357. The van der Waals surface area contributed by atoms with E-state index in [1.807, 2.05) is 24.3 Å². The number of phenols is 5. The lowest BCUT2D eigenvalue weighted by atomic mass is 9.84. The first-order chi connectivity index (χ1) is 16.4. The molecule has 170 valence electrons. The molecule has 0 radical (unpaired) electrons. The van der Waals surface area contributed by atoms with E-state index >= 15 is 0 Å². The zero-order chi connectivity index (χ0) is 23.8. The maximum Gasteiger partial charge on any atom is 0.135 e. The molecule has 5 N–H and O–H groups in total. The van der Waals surface area contributed by atoms with Crippen LogP contribution in [0.3, 0.4) is 0 Å². The molecule has 1 unspecified atom stereocenters. The van der Waals surface area contributed by atoms with Gasteiger partial charge >= 0.3 is 0 Å². The van der Waals surface area contributed by atoms with Crippen molar-refractivity contribution in [1.29, 1.82) is 0 Å². The molecule has 1 heterocycles. The second-order valence-electron chi connectivity index (χ2n) is 8.30. The number of aromatic hydroxyl groups is 5. The van der Waals surface area contributed by atoms with Crippen LogP contribution in [0.2, 0.25) is 0 Å². The van der Waals surface area contributed by atoms with Gasteiger partial charge in [0.1, 0.15) is 40.6 Å². The van der Waals surface area contributed by atoms with Crippen LogP contribution in [0.15, 0.2) is 78.9 Å². The molecule has 0 aliphatic carbocycles. The molecule has 0 spiro atoms. The summed E-state index contributed by atoms with van der Waals surface area (Å²) in [7, 11) is 0. The van der Waals surface area contributed by atoms with Gasteiger partial charge in [0.05, 0.1) is 5.92 Å². The van der Waals surface area contributed by atoms with Gasteiger partial charge in [-0.2, -0.15) is 0 Å². The molecular weight excluding hydrogens is 432 g/mol. The Morgan fingerprint density at radius 3 is 1.76 bits per heavy atom. The lowest BCUT2D eigenvalue weighted by Crippen LogP contribution is -2.11. The van der Waals surface area contributed by atoms with Crippen LogP contribution >= 0.6 is 0 Å². The summed E-state index contributed by atoms with van der Waals surface area (Å²) in [6, 6.07) is 21.4. The smallest absolute Gasteiger partial charge is 0.135 e. The highest BCUT2D eigenvalue weighted by molar-refractivity contribution is 5.72. The van der Waals surface area contributed by atoms with E-state index in [0.717, 1.165) is 16.7 Å². The van der Waals surface area contributed by atoms with E-state index in [-0.39, 0.29) is 34.7 Å². The molecule has 0 bridgehead atoms. The summed E-state index contributed by atoms with van der Waals surface area (Å²) in [6.07, 6.45) is 3.21. The predicted octanol–water partition coefficient (Wildman–Crippen LogP) is 5.65. The molecule has 1 aliphatic heterocycles. The minimum absolute atomic E-state index is 0.0255. The summed E-state index contributed by atoms with van der Waals surface area (Å²) in [6.45, 7) is 0. The van der Waals surface area contributed by atoms with Crippen molar-refractivity contribution in [3.63, 3.8) is 0 Å². The highest BCUT2D eigenvalue weighted by atomic mass is 16.5. The van der Waals surface area contributed by atoms with Crippen molar-refractivity contribution in [2.75, 3.05) is 0 Å². The molecule has 0 aromatic heterocycles. The van der Waals surface area contributed by atoms with Crippen molar-refractivity contribution < 1.29 is 30.3 Å². The molecule has 6 heteroatoms. The van der Waals surface area contributed by atoms with Crippen molar-refractivity contribution in [2.24, 2.45) is 0 Å². The molecule has 0 fully saturated rings. The minimum Gasteiger partial charge on any atom is -0.508 e. The van der Waals surface area contributed by atoms with E-state index in [1.54, 1.807) is 54.6 Å². The van der Waals surface area contributed by atoms with Crippen LogP contribution < -0.4 is 4.74 Å². The Kier molecular flexibility index (Phi) is 5.26. The Balaban J connectivity index is 1.57. The van der Waals surface area contributed by atoms with E-state index in [2.05, 4.69) is 0 Å². The largest absolute Gasteiger partial charge is 0.508 e. The Hall–Kier alpha value is -4.58. The molecule has 5 rings (SSSR count). The highest BCUT2D eigenvalue weighted by Crippen LogP contribution is 2.51. The van der Waals surface area contributed by atoms with E-state index in [9.17, 15) is 25.5 Å². The predicted molar refractivity (Wildman–Crippen MR) is 128 cm³/mol. The van der Waals surface area contributed by atoms with Gasteiger partial charge < -0.3 is 30.3 Å². The zero-order valence-corrected chi connectivity index (χ0v) is 18.0. The third kappa shape index (κ3) is 4.21. The molecule has 34 heavy (non-hydrogen) atoms. The third-order valence-corrected chi connectivity index (χ3v) is 5.82. The standard InChI is InChI=1S/C28H22O6/c29-20-6-4-18(5-7-20)28-27(19-12-23(32)15-24(33)13-19)25-11-16(3-8-26(25)34-28)1-2-17-9-21(30)14-22(31)10-17/h1-15,27-33H/b2-1+/t27?,28-/m0/s1. The maximum absolute atomic E-state index is 10.1. The topological polar surface area (TPSA) is 110 Å². The zero-order valence-electron chi connectivity index (χ0n) is 18.0. The van der Waals surface area contributed by atoms with Crippen molar-refractivity contribution in [2.45, 2.75) is 12.0 Å². The summed E-state index contributed by atoms with van der Waals surface area (Å²) in [5, 5.41) is 49.4. The second-order valence-corrected chi connectivity index (χ2v) is 8.30. The van der Waals surface area contributed by atoms with Crippen LogP contribution in [-0.2, 0) is 0 Å². The number of phenolic OH excluding ortho intramolecular Hbond substituents is 5. The molecular formula is C28H22O6. The lowest BCUT2D eigenvalue weighted by molar-refractivity contribution is 0.222. The molecule has 0 saturated carbocycles. The van der Waals surface area contributed by atoms with Crippen molar-refractivity contribution in [3.8, 4) is 34.5 Å². The van der Waals surface area contributed by atoms with Crippen LogP contribution in [0, 0.1) is 0 Å². The van der Waals surface area contributed by atoms with E-state index < -0.39 is 6.10 Å². The number of rotatable bonds is 4. The monoisotopic (exact) mass is 454 g/mol. The summed E-state index contributed by atoms with van der Waals surface area (Å²) in [4.78, 5) is 0. The highest BCUT2D eigenvalue weighted by Gasteiger charge is 2.37. The Morgan fingerprint density at radius 2 is 1.12 bits per heavy atom. The molecule has 0 saturated heterocycles. The average Bonchev–Trinajstić information content (AvgIpc) is 3.15. The van der Waals surface area contributed by atoms with Gasteiger partial charge in [0, 0.05) is 17.7 Å². The van der Waals surface area contributed by atoms with E-state index in [0.29, 0.717) is 16.9 Å². The number of benzene rings is 4. The first-order valence-electron chi connectivity index (χ1n) is 10.7. The molecule has 0 amide bonds.